The van der Waals surface area contributed by atoms with Gasteiger partial charge in [-0.3, -0.25) is 4.90 Å². The second-order valence-electron chi connectivity index (χ2n) is 6.06. The molecule has 1 aromatic rings. The first-order valence-electron chi connectivity index (χ1n) is 7.96. The van der Waals surface area contributed by atoms with E-state index in [9.17, 15) is 0 Å². The van der Waals surface area contributed by atoms with E-state index in [1.54, 1.807) is 0 Å². The van der Waals surface area contributed by atoms with Crippen molar-refractivity contribution in [2.45, 2.75) is 66.0 Å². The zero-order chi connectivity index (χ0) is 15.3. The van der Waals surface area contributed by atoms with Crippen molar-refractivity contribution < 1.29 is 0 Å². The van der Waals surface area contributed by atoms with Gasteiger partial charge in [0.1, 0.15) is 0 Å². The fourth-order valence-electron chi connectivity index (χ4n) is 3.28. The zero-order valence-electron chi connectivity index (χ0n) is 14.2. The number of hydrogen-bond acceptors (Lipinski definition) is 2. The zero-order valence-corrected chi connectivity index (χ0v) is 14.2. The van der Waals surface area contributed by atoms with Crippen LogP contribution in [0.25, 0.3) is 0 Å². The predicted molar refractivity (Wildman–Crippen MR) is 89.2 cm³/mol. The molecule has 0 spiro atoms. The lowest BCUT2D eigenvalue weighted by Gasteiger charge is -2.44. The fraction of sp³-hybridized carbons (Fsp3) is 0.667. The van der Waals surface area contributed by atoms with Crippen molar-refractivity contribution in [2.24, 2.45) is 5.73 Å². The molecule has 114 valence electrons. The third-order valence-electron chi connectivity index (χ3n) is 5.07. The van der Waals surface area contributed by atoms with E-state index < -0.39 is 0 Å². The number of hydrogen-bond donors (Lipinski definition) is 1. The Kier molecular flexibility index (Phi) is 6.22. The van der Waals surface area contributed by atoms with Crippen LogP contribution in [0.15, 0.2) is 18.2 Å². The van der Waals surface area contributed by atoms with Crippen LogP contribution in [0.1, 0.15) is 50.8 Å². The van der Waals surface area contributed by atoms with Gasteiger partial charge in [0.2, 0.25) is 0 Å². The first-order chi connectivity index (χ1) is 9.40. The molecular weight excluding hydrogens is 244 g/mol. The predicted octanol–water partition coefficient (Wildman–Crippen LogP) is 3.68. The lowest BCUT2D eigenvalue weighted by molar-refractivity contribution is 0.0844. The third kappa shape index (κ3) is 3.42. The molecule has 0 heterocycles. The van der Waals surface area contributed by atoms with Crippen molar-refractivity contribution in [2.75, 3.05) is 13.1 Å². The molecule has 0 aliphatic carbocycles. The molecule has 2 nitrogen and oxygen atoms in total. The topological polar surface area (TPSA) is 29.3 Å². The van der Waals surface area contributed by atoms with Crippen LogP contribution in [0, 0.1) is 13.8 Å². The Morgan fingerprint density at radius 2 is 1.60 bits per heavy atom. The van der Waals surface area contributed by atoms with Gasteiger partial charge in [-0.05, 0) is 63.4 Å². The molecule has 0 radical (unpaired) electrons. The molecule has 0 fully saturated rings. The fourth-order valence-corrected chi connectivity index (χ4v) is 3.28. The molecule has 0 aliphatic rings. The highest BCUT2D eigenvalue weighted by Gasteiger charge is 2.34. The molecule has 0 bridgehead atoms. The number of benzene rings is 1. The Morgan fingerprint density at radius 3 is 2.00 bits per heavy atom. The summed E-state index contributed by atoms with van der Waals surface area (Å²) < 4.78 is 0. The SMILES string of the molecule is CCN(CC)C(C)(CC)C(N)Cc1c(C)cccc1C. The van der Waals surface area contributed by atoms with Crippen LogP contribution >= 0.6 is 0 Å². The van der Waals surface area contributed by atoms with Crippen LogP contribution in [0.3, 0.4) is 0 Å². The normalized spacial score (nSPS) is 16.2. The van der Waals surface area contributed by atoms with Gasteiger partial charge >= 0.3 is 0 Å². The first kappa shape index (κ1) is 17.2. The van der Waals surface area contributed by atoms with Crippen LogP contribution in [0.2, 0.25) is 0 Å². The maximum absolute atomic E-state index is 6.64. The van der Waals surface area contributed by atoms with Gasteiger partial charge in [-0.2, -0.15) is 0 Å². The lowest BCUT2D eigenvalue weighted by atomic mass is 9.82. The van der Waals surface area contributed by atoms with Crippen molar-refractivity contribution in [3.63, 3.8) is 0 Å². The molecule has 0 amide bonds. The summed E-state index contributed by atoms with van der Waals surface area (Å²) in [7, 11) is 0. The van der Waals surface area contributed by atoms with Gasteiger partial charge in [-0.15, -0.1) is 0 Å². The monoisotopic (exact) mass is 276 g/mol. The van der Waals surface area contributed by atoms with E-state index in [4.69, 9.17) is 5.73 Å². The van der Waals surface area contributed by atoms with E-state index in [-0.39, 0.29) is 11.6 Å². The van der Waals surface area contributed by atoms with E-state index >= 15 is 0 Å². The summed E-state index contributed by atoms with van der Waals surface area (Å²) in [5.74, 6) is 0. The van der Waals surface area contributed by atoms with Crippen LogP contribution in [0.4, 0.5) is 0 Å². The standard InChI is InChI=1S/C18H32N2/c1-7-18(6,20(8-2)9-3)17(19)13-16-14(4)11-10-12-15(16)5/h10-12,17H,7-9,13,19H2,1-6H3. The summed E-state index contributed by atoms with van der Waals surface area (Å²) in [4.78, 5) is 2.51. The summed E-state index contributed by atoms with van der Waals surface area (Å²) in [6.45, 7) is 15.5. The van der Waals surface area contributed by atoms with Crippen molar-refractivity contribution in [3.05, 3.63) is 34.9 Å². The van der Waals surface area contributed by atoms with Crippen LogP contribution in [0.5, 0.6) is 0 Å². The number of nitrogens with zero attached hydrogens (tertiary/aromatic N) is 1. The number of aryl methyl sites for hydroxylation is 2. The molecule has 0 saturated heterocycles. The van der Waals surface area contributed by atoms with Gasteiger partial charge in [-0.25, -0.2) is 0 Å². The van der Waals surface area contributed by atoms with Gasteiger partial charge in [0, 0.05) is 11.6 Å². The first-order valence-corrected chi connectivity index (χ1v) is 7.96. The molecule has 2 atom stereocenters. The molecule has 2 unspecified atom stereocenters. The van der Waals surface area contributed by atoms with Crippen molar-refractivity contribution in [1.29, 1.82) is 0 Å². The molecule has 0 aromatic heterocycles. The van der Waals surface area contributed by atoms with Crippen LogP contribution in [-0.2, 0) is 6.42 Å². The molecule has 2 heteroatoms. The molecule has 0 aliphatic heterocycles. The van der Waals surface area contributed by atoms with Crippen molar-refractivity contribution in [3.8, 4) is 0 Å². The Labute approximate surface area is 125 Å². The van der Waals surface area contributed by atoms with Gasteiger partial charge in [-0.1, -0.05) is 39.0 Å². The van der Waals surface area contributed by atoms with Gasteiger partial charge in [0.05, 0.1) is 0 Å². The Balaban J connectivity index is 3.01. The number of nitrogens with two attached hydrogens (primary N) is 1. The second-order valence-corrected chi connectivity index (χ2v) is 6.06. The summed E-state index contributed by atoms with van der Waals surface area (Å²) in [5.41, 5.74) is 10.9. The highest BCUT2D eigenvalue weighted by atomic mass is 15.2. The summed E-state index contributed by atoms with van der Waals surface area (Å²) in [5, 5.41) is 0. The van der Waals surface area contributed by atoms with Gasteiger partial charge in [0.25, 0.3) is 0 Å². The van der Waals surface area contributed by atoms with Crippen LogP contribution in [-0.4, -0.2) is 29.6 Å². The maximum Gasteiger partial charge on any atom is 0.0332 e. The minimum absolute atomic E-state index is 0.0677. The molecular formula is C18H32N2. The van der Waals surface area contributed by atoms with E-state index in [1.807, 2.05) is 0 Å². The summed E-state index contributed by atoms with van der Waals surface area (Å²) in [6.07, 6.45) is 2.04. The molecule has 0 saturated carbocycles. The van der Waals surface area contributed by atoms with E-state index in [0.717, 1.165) is 25.9 Å². The third-order valence-corrected chi connectivity index (χ3v) is 5.07. The Morgan fingerprint density at radius 1 is 1.10 bits per heavy atom. The highest BCUT2D eigenvalue weighted by Crippen LogP contribution is 2.26. The molecule has 2 N–H and O–H groups in total. The molecule has 1 aromatic carbocycles. The average molecular weight is 276 g/mol. The number of rotatable bonds is 7. The quantitative estimate of drug-likeness (QED) is 0.823. The summed E-state index contributed by atoms with van der Waals surface area (Å²) >= 11 is 0. The Bertz CT molecular complexity index is 403. The smallest absolute Gasteiger partial charge is 0.0332 e. The van der Waals surface area contributed by atoms with E-state index in [1.165, 1.54) is 16.7 Å². The van der Waals surface area contributed by atoms with E-state index in [0.29, 0.717) is 0 Å². The van der Waals surface area contributed by atoms with Crippen molar-refractivity contribution >= 4 is 0 Å². The Hall–Kier alpha value is -0.860. The van der Waals surface area contributed by atoms with Crippen molar-refractivity contribution in [1.82, 2.24) is 4.90 Å². The minimum atomic E-state index is 0.0677. The van der Waals surface area contributed by atoms with Crippen LogP contribution < -0.4 is 5.73 Å². The highest BCUT2D eigenvalue weighted by molar-refractivity contribution is 5.34. The summed E-state index contributed by atoms with van der Waals surface area (Å²) in [6, 6.07) is 6.67. The van der Waals surface area contributed by atoms with Gasteiger partial charge in [0.15, 0.2) is 0 Å². The number of likely N-dealkylation sites (N-methyl/N-ethyl adjacent to an activating group) is 1. The van der Waals surface area contributed by atoms with E-state index in [2.05, 4.69) is 64.6 Å². The second kappa shape index (κ2) is 7.24. The van der Waals surface area contributed by atoms with Gasteiger partial charge < -0.3 is 5.73 Å². The maximum atomic E-state index is 6.64. The molecule has 20 heavy (non-hydrogen) atoms. The minimum Gasteiger partial charge on any atom is -0.326 e. The lowest BCUT2D eigenvalue weighted by Crippen LogP contribution is -2.58. The molecule has 1 rings (SSSR count). The largest absolute Gasteiger partial charge is 0.326 e. The average Bonchev–Trinajstić information content (AvgIpc) is 2.43.